The van der Waals surface area contributed by atoms with Crippen LogP contribution >= 0.6 is 0 Å². The zero-order chi connectivity index (χ0) is 21.0. The fourth-order valence-electron chi connectivity index (χ4n) is 2.71. The van der Waals surface area contributed by atoms with Crippen LogP contribution in [0.4, 0.5) is 13.2 Å². The molecule has 9 heteroatoms. The lowest BCUT2D eigenvalue weighted by molar-refractivity contribution is -0.147. The van der Waals surface area contributed by atoms with Gasteiger partial charge < -0.3 is 10.5 Å². The standard InChI is InChI=1S/C18H29F3N2O3S/c1-6-26-14(24)10-11-17(20,21)18(22,23-27(25)16(3,4)5)15-12(2)8-7-9-13(15)19/h7,9,12,23H,6,8,10-11,22H2,1-5H3/t12?,18-,27-/m1/s1. The maximum atomic E-state index is 15.2. The summed E-state index contributed by atoms with van der Waals surface area (Å²) in [5, 5.41) is 0. The summed E-state index contributed by atoms with van der Waals surface area (Å²) in [5.74, 6) is -6.07. The quantitative estimate of drug-likeness (QED) is 0.474. The molecule has 0 heterocycles. The van der Waals surface area contributed by atoms with E-state index in [2.05, 4.69) is 9.46 Å². The summed E-state index contributed by atoms with van der Waals surface area (Å²) in [5.41, 5.74) is 2.98. The summed E-state index contributed by atoms with van der Waals surface area (Å²) in [6, 6.07) is 0. The van der Waals surface area contributed by atoms with Crippen molar-refractivity contribution in [1.82, 2.24) is 4.72 Å². The molecule has 156 valence electrons. The number of rotatable bonds is 8. The molecule has 0 aromatic heterocycles. The van der Waals surface area contributed by atoms with Crippen LogP contribution in [0.2, 0.25) is 0 Å². The van der Waals surface area contributed by atoms with Crippen LogP contribution < -0.4 is 10.5 Å². The minimum absolute atomic E-state index is 0.0616. The van der Waals surface area contributed by atoms with Gasteiger partial charge >= 0.3 is 5.97 Å². The number of alkyl halides is 2. The molecular formula is C18H29F3N2O3S. The third-order valence-electron chi connectivity index (χ3n) is 4.26. The molecule has 0 fully saturated rings. The summed E-state index contributed by atoms with van der Waals surface area (Å²) >= 11 is 0. The average Bonchev–Trinajstić information content (AvgIpc) is 2.52. The number of carbonyl (C=O) groups is 1. The van der Waals surface area contributed by atoms with E-state index in [-0.39, 0.29) is 12.2 Å². The maximum Gasteiger partial charge on any atom is 0.305 e. The minimum Gasteiger partial charge on any atom is -0.466 e. The van der Waals surface area contributed by atoms with Crippen LogP contribution in [0.1, 0.15) is 53.9 Å². The maximum absolute atomic E-state index is 15.2. The van der Waals surface area contributed by atoms with Crippen LogP contribution in [0.15, 0.2) is 23.6 Å². The number of allylic oxidation sites excluding steroid dienone is 3. The monoisotopic (exact) mass is 410 g/mol. The van der Waals surface area contributed by atoms with Crippen LogP contribution in [0, 0.1) is 5.92 Å². The lowest BCUT2D eigenvalue weighted by atomic mass is 9.80. The van der Waals surface area contributed by atoms with Gasteiger partial charge in [-0.15, -0.1) is 0 Å². The summed E-state index contributed by atoms with van der Waals surface area (Å²) < 4.78 is 63.5. The Hall–Kier alpha value is -1.19. The predicted octanol–water partition coefficient (Wildman–Crippen LogP) is 3.49. The van der Waals surface area contributed by atoms with Crippen molar-refractivity contribution < 1.29 is 26.9 Å². The topological polar surface area (TPSA) is 81.4 Å². The molecule has 3 N–H and O–H groups in total. The summed E-state index contributed by atoms with van der Waals surface area (Å²) in [7, 11) is -2.00. The Morgan fingerprint density at radius 2 is 2.00 bits per heavy atom. The molecule has 0 saturated heterocycles. The molecule has 1 aliphatic rings. The van der Waals surface area contributed by atoms with E-state index in [1.165, 1.54) is 6.08 Å². The zero-order valence-corrected chi connectivity index (χ0v) is 17.2. The van der Waals surface area contributed by atoms with E-state index in [0.29, 0.717) is 6.42 Å². The number of hydrogen-bond donors (Lipinski definition) is 2. The first kappa shape index (κ1) is 23.8. The fourth-order valence-corrected chi connectivity index (χ4v) is 3.57. The molecule has 0 spiro atoms. The number of halogens is 3. The van der Waals surface area contributed by atoms with Gasteiger partial charge in [-0.25, -0.2) is 22.1 Å². The highest BCUT2D eigenvalue weighted by molar-refractivity contribution is 7.84. The second-order valence-corrected chi connectivity index (χ2v) is 9.57. The first-order chi connectivity index (χ1) is 12.3. The number of hydrogen-bond acceptors (Lipinski definition) is 4. The van der Waals surface area contributed by atoms with Crippen molar-refractivity contribution in [3.63, 3.8) is 0 Å². The molecule has 0 aromatic carbocycles. The number of nitrogens with two attached hydrogens (primary N) is 1. The molecule has 27 heavy (non-hydrogen) atoms. The van der Waals surface area contributed by atoms with Gasteiger partial charge in [-0.1, -0.05) is 13.0 Å². The highest BCUT2D eigenvalue weighted by atomic mass is 32.2. The highest BCUT2D eigenvalue weighted by Crippen LogP contribution is 2.42. The largest absolute Gasteiger partial charge is 0.466 e. The van der Waals surface area contributed by atoms with Gasteiger partial charge in [0.1, 0.15) is 5.83 Å². The van der Waals surface area contributed by atoms with Gasteiger partial charge in [0, 0.05) is 12.0 Å². The van der Waals surface area contributed by atoms with Gasteiger partial charge in [-0.05, 0) is 46.1 Å². The molecule has 0 saturated carbocycles. The Bertz CT molecular complexity index is 644. The van der Waals surface area contributed by atoms with E-state index >= 15 is 8.78 Å². The molecule has 0 aliphatic heterocycles. The zero-order valence-electron chi connectivity index (χ0n) is 16.4. The summed E-state index contributed by atoms with van der Waals surface area (Å²) in [6.07, 6.45) is 1.37. The summed E-state index contributed by atoms with van der Waals surface area (Å²) in [4.78, 5) is 11.5. The molecule has 0 bridgehead atoms. The lowest BCUT2D eigenvalue weighted by Crippen LogP contribution is -2.69. The van der Waals surface area contributed by atoms with E-state index in [4.69, 9.17) is 5.73 Å². The molecule has 1 unspecified atom stereocenters. The Morgan fingerprint density at radius 3 is 2.48 bits per heavy atom. The van der Waals surface area contributed by atoms with E-state index in [1.54, 1.807) is 34.6 Å². The second-order valence-electron chi connectivity index (χ2n) is 7.60. The SMILES string of the molecule is CCOC(=O)CCC(F)(F)[C@](N)(N[S@](=O)C(C)(C)C)C1=C(F)C=CCC1C. The molecule has 1 rings (SSSR count). The van der Waals surface area contributed by atoms with Gasteiger partial charge in [0.15, 0.2) is 5.66 Å². The van der Waals surface area contributed by atoms with Crippen LogP contribution in [0.3, 0.4) is 0 Å². The van der Waals surface area contributed by atoms with Gasteiger partial charge in [0.05, 0.1) is 28.8 Å². The lowest BCUT2D eigenvalue weighted by Gasteiger charge is -2.43. The second kappa shape index (κ2) is 8.87. The van der Waals surface area contributed by atoms with Crippen LogP contribution in [-0.4, -0.2) is 33.1 Å². The molecule has 3 atom stereocenters. The molecule has 0 amide bonds. The minimum atomic E-state index is -3.76. The fraction of sp³-hybridized carbons (Fsp3) is 0.722. The van der Waals surface area contributed by atoms with Crippen molar-refractivity contribution in [3.05, 3.63) is 23.6 Å². The van der Waals surface area contributed by atoms with Crippen molar-refractivity contribution in [3.8, 4) is 0 Å². The van der Waals surface area contributed by atoms with Crippen molar-refractivity contribution in [2.45, 2.75) is 70.2 Å². The van der Waals surface area contributed by atoms with E-state index in [9.17, 15) is 13.4 Å². The van der Waals surface area contributed by atoms with Crippen molar-refractivity contribution in [2.75, 3.05) is 6.61 Å². The van der Waals surface area contributed by atoms with E-state index in [1.807, 2.05) is 0 Å². The van der Waals surface area contributed by atoms with Crippen LogP contribution in [-0.2, 0) is 20.5 Å². The number of esters is 1. The predicted molar refractivity (Wildman–Crippen MR) is 99.8 cm³/mol. The smallest absolute Gasteiger partial charge is 0.305 e. The average molecular weight is 411 g/mol. The molecular weight excluding hydrogens is 381 g/mol. The summed E-state index contributed by atoms with van der Waals surface area (Å²) in [6.45, 7) is 7.95. The third kappa shape index (κ3) is 5.65. The van der Waals surface area contributed by atoms with E-state index < -0.39 is 57.9 Å². The molecule has 1 aliphatic carbocycles. The number of carbonyl (C=O) groups excluding carboxylic acids is 1. The van der Waals surface area contributed by atoms with Crippen molar-refractivity contribution >= 4 is 17.0 Å². The number of nitrogens with one attached hydrogen (secondary N) is 1. The Kier molecular flexibility index (Phi) is 7.84. The first-order valence-electron chi connectivity index (χ1n) is 8.85. The van der Waals surface area contributed by atoms with E-state index in [0.717, 1.165) is 6.08 Å². The van der Waals surface area contributed by atoms with Crippen LogP contribution in [0.5, 0.6) is 0 Å². The van der Waals surface area contributed by atoms with Gasteiger partial charge in [-0.2, -0.15) is 0 Å². The highest BCUT2D eigenvalue weighted by Gasteiger charge is 2.57. The van der Waals surface area contributed by atoms with Gasteiger partial charge in [0.25, 0.3) is 5.92 Å². The normalized spacial score (nSPS) is 21.7. The van der Waals surface area contributed by atoms with Gasteiger partial charge in [-0.3, -0.25) is 4.79 Å². The molecule has 5 nitrogen and oxygen atoms in total. The Labute approximate surface area is 161 Å². The van der Waals surface area contributed by atoms with Crippen molar-refractivity contribution in [1.29, 1.82) is 0 Å². The number of ether oxygens (including phenoxy) is 1. The third-order valence-corrected chi connectivity index (χ3v) is 5.88. The van der Waals surface area contributed by atoms with Crippen molar-refractivity contribution in [2.24, 2.45) is 11.7 Å². The molecule has 0 radical (unpaired) electrons. The Morgan fingerprint density at radius 1 is 1.41 bits per heavy atom. The van der Waals surface area contributed by atoms with Crippen LogP contribution in [0.25, 0.3) is 0 Å². The molecule has 0 aromatic rings. The first-order valence-corrected chi connectivity index (χ1v) is 10.00. The Balaban J connectivity index is 3.34. The van der Waals surface area contributed by atoms with Gasteiger partial charge in [0.2, 0.25) is 0 Å².